The summed E-state index contributed by atoms with van der Waals surface area (Å²) in [6, 6.07) is 6.93. The largest absolute Gasteiger partial charge is 0.508 e. The van der Waals surface area contributed by atoms with Gasteiger partial charge in [-0.3, -0.25) is 4.79 Å². The topological polar surface area (TPSA) is 61.4 Å². The van der Waals surface area contributed by atoms with Gasteiger partial charge in [0.05, 0.1) is 6.54 Å². The van der Waals surface area contributed by atoms with Crippen molar-refractivity contribution in [1.82, 2.24) is 10.6 Å². The van der Waals surface area contributed by atoms with Crippen LogP contribution in [-0.4, -0.2) is 23.1 Å². The van der Waals surface area contributed by atoms with Gasteiger partial charge in [-0.2, -0.15) is 0 Å². The average Bonchev–Trinajstić information content (AvgIpc) is 2.31. The Kier molecular flexibility index (Phi) is 5.16. The molecular formula is C14H22N2O2. The van der Waals surface area contributed by atoms with Gasteiger partial charge in [-0.05, 0) is 38.0 Å². The van der Waals surface area contributed by atoms with Crippen molar-refractivity contribution in [3.63, 3.8) is 0 Å². The minimum absolute atomic E-state index is 0.000582. The molecule has 0 aliphatic carbocycles. The summed E-state index contributed by atoms with van der Waals surface area (Å²) in [5.74, 6) is 0.252. The maximum atomic E-state index is 11.6. The van der Waals surface area contributed by atoms with Crippen LogP contribution in [0.25, 0.3) is 0 Å². The second-order valence-corrected chi connectivity index (χ2v) is 5.06. The van der Waals surface area contributed by atoms with Crippen molar-refractivity contribution in [2.75, 3.05) is 6.54 Å². The molecule has 0 heterocycles. The normalized spacial score (nSPS) is 11.3. The Balaban J connectivity index is 2.29. The molecule has 1 rings (SSSR count). The Morgan fingerprint density at radius 1 is 1.28 bits per heavy atom. The molecule has 0 atom stereocenters. The summed E-state index contributed by atoms with van der Waals surface area (Å²) in [6.45, 7) is 6.96. The lowest BCUT2D eigenvalue weighted by atomic mass is 10.0. The van der Waals surface area contributed by atoms with Gasteiger partial charge in [0.15, 0.2) is 0 Å². The Morgan fingerprint density at radius 3 is 2.44 bits per heavy atom. The van der Waals surface area contributed by atoms with Crippen molar-refractivity contribution in [2.24, 2.45) is 0 Å². The van der Waals surface area contributed by atoms with Crippen LogP contribution in [0.15, 0.2) is 24.3 Å². The molecule has 100 valence electrons. The van der Waals surface area contributed by atoms with Crippen molar-refractivity contribution in [2.45, 2.75) is 39.3 Å². The molecule has 0 aromatic heterocycles. The van der Waals surface area contributed by atoms with E-state index >= 15 is 0 Å². The third-order valence-electron chi connectivity index (χ3n) is 2.91. The van der Waals surface area contributed by atoms with Crippen molar-refractivity contribution in [3.05, 3.63) is 29.8 Å². The molecular weight excluding hydrogens is 228 g/mol. The summed E-state index contributed by atoms with van der Waals surface area (Å²) < 4.78 is 0. The van der Waals surface area contributed by atoms with Crippen molar-refractivity contribution < 1.29 is 9.90 Å². The van der Waals surface area contributed by atoms with Crippen LogP contribution in [0.3, 0.4) is 0 Å². The third kappa shape index (κ3) is 5.19. The molecule has 0 unspecified atom stereocenters. The molecule has 0 aliphatic heterocycles. The number of rotatable bonds is 6. The Morgan fingerprint density at radius 2 is 1.89 bits per heavy atom. The van der Waals surface area contributed by atoms with Crippen LogP contribution >= 0.6 is 0 Å². The molecule has 1 amide bonds. The van der Waals surface area contributed by atoms with E-state index < -0.39 is 0 Å². The van der Waals surface area contributed by atoms with Crippen LogP contribution in [0.5, 0.6) is 5.75 Å². The van der Waals surface area contributed by atoms with E-state index in [4.69, 9.17) is 5.11 Å². The van der Waals surface area contributed by atoms with Crippen molar-refractivity contribution in [1.29, 1.82) is 0 Å². The molecule has 0 saturated carbocycles. The predicted molar refractivity (Wildman–Crippen MR) is 72.3 cm³/mol. The van der Waals surface area contributed by atoms with Gasteiger partial charge in [0.1, 0.15) is 5.75 Å². The first-order valence-electron chi connectivity index (χ1n) is 6.22. The quantitative estimate of drug-likeness (QED) is 0.721. The molecule has 1 aromatic rings. The summed E-state index contributed by atoms with van der Waals surface area (Å²) in [7, 11) is 0. The Hall–Kier alpha value is -1.55. The van der Waals surface area contributed by atoms with E-state index in [9.17, 15) is 4.79 Å². The SMILES string of the molecule is CCC(C)(C)NC(=O)CNCc1ccc(O)cc1. The number of hydrogen-bond donors (Lipinski definition) is 3. The van der Waals surface area contributed by atoms with E-state index in [1.807, 2.05) is 32.9 Å². The Bertz CT molecular complexity index is 385. The highest BCUT2D eigenvalue weighted by Gasteiger charge is 2.16. The summed E-state index contributed by atoms with van der Waals surface area (Å²) >= 11 is 0. The van der Waals surface area contributed by atoms with Gasteiger partial charge < -0.3 is 15.7 Å². The smallest absolute Gasteiger partial charge is 0.234 e. The number of nitrogens with one attached hydrogen (secondary N) is 2. The number of hydrogen-bond acceptors (Lipinski definition) is 3. The van der Waals surface area contributed by atoms with Crippen LogP contribution in [0.2, 0.25) is 0 Å². The lowest BCUT2D eigenvalue weighted by Crippen LogP contribution is -2.46. The zero-order valence-electron chi connectivity index (χ0n) is 11.3. The fraction of sp³-hybridized carbons (Fsp3) is 0.500. The first-order chi connectivity index (χ1) is 8.43. The highest BCUT2D eigenvalue weighted by Crippen LogP contribution is 2.09. The van der Waals surface area contributed by atoms with Crippen molar-refractivity contribution >= 4 is 5.91 Å². The lowest BCUT2D eigenvalue weighted by molar-refractivity contribution is -0.121. The summed E-state index contributed by atoms with van der Waals surface area (Å²) in [6.07, 6.45) is 0.900. The van der Waals surface area contributed by atoms with E-state index in [1.165, 1.54) is 0 Å². The molecule has 0 fully saturated rings. The molecule has 0 bridgehead atoms. The zero-order valence-corrected chi connectivity index (χ0v) is 11.3. The van der Waals surface area contributed by atoms with Gasteiger partial charge in [0.2, 0.25) is 5.91 Å². The van der Waals surface area contributed by atoms with E-state index in [0.717, 1.165) is 12.0 Å². The fourth-order valence-corrected chi connectivity index (χ4v) is 1.44. The molecule has 4 heteroatoms. The Labute approximate surface area is 108 Å². The number of phenols is 1. The van der Waals surface area contributed by atoms with Crippen LogP contribution in [0.4, 0.5) is 0 Å². The average molecular weight is 250 g/mol. The monoisotopic (exact) mass is 250 g/mol. The summed E-state index contributed by atoms with van der Waals surface area (Å²) in [5, 5.41) is 15.2. The predicted octanol–water partition coefficient (Wildman–Crippen LogP) is 1.79. The van der Waals surface area contributed by atoms with Gasteiger partial charge >= 0.3 is 0 Å². The highest BCUT2D eigenvalue weighted by atomic mass is 16.3. The van der Waals surface area contributed by atoms with Crippen LogP contribution in [-0.2, 0) is 11.3 Å². The summed E-state index contributed by atoms with van der Waals surface area (Å²) in [4.78, 5) is 11.6. The first kappa shape index (κ1) is 14.5. The molecule has 18 heavy (non-hydrogen) atoms. The maximum absolute atomic E-state index is 11.6. The van der Waals surface area contributed by atoms with Crippen LogP contribution in [0, 0.1) is 0 Å². The number of carbonyl (C=O) groups excluding carboxylic acids is 1. The number of amides is 1. The molecule has 1 aromatic carbocycles. The lowest BCUT2D eigenvalue weighted by Gasteiger charge is -2.24. The van der Waals surface area contributed by atoms with Crippen molar-refractivity contribution in [3.8, 4) is 5.75 Å². The number of carbonyl (C=O) groups is 1. The number of aromatic hydroxyl groups is 1. The van der Waals surface area contributed by atoms with E-state index in [-0.39, 0.29) is 17.2 Å². The van der Waals surface area contributed by atoms with Gasteiger partial charge in [-0.15, -0.1) is 0 Å². The fourth-order valence-electron chi connectivity index (χ4n) is 1.44. The minimum Gasteiger partial charge on any atom is -0.508 e. The zero-order chi connectivity index (χ0) is 13.6. The minimum atomic E-state index is -0.155. The van der Waals surface area contributed by atoms with Gasteiger partial charge in [0, 0.05) is 12.1 Å². The van der Waals surface area contributed by atoms with E-state index in [1.54, 1.807) is 12.1 Å². The molecule has 0 saturated heterocycles. The molecule has 3 N–H and O–H groups in total. The standard InChI is InChI=1S/C14H22N2O2/c1-4-14(2,3)16-13(18)10-15-9-11-5-7-12(17)8-6-11/h5-8,15,17H,4,9-10H2,1-3H3,(H,16,18). The van der Waals surface area contributed by atoms with Gasteiger partial charge in [-0.1, -0.05) is 19.1 Å². The summed E-state index contributed by atoms with van der Waals surface area (Å²) in [5.41, 5.74) is 0.882. The maximum Gasteiger partial charge on any atom is 0.234 e. The van der Waals surface area contributed by atoms with E-state index in [0.29, 0.717) is 13.1 Å². The third-order valence-corrected chi connectivity index (χ3v) is 2.91. The van der Waals surface area contributed by atoms with Crippen LogP contribution < -0.4 is 10.6 Å². The van der Waals surface area contributed by atoms with Gasteiger partial charge in [0.25, 0.3) is 0 Å². The molecule has 0 spiro atoms. The molecule has 0 aliphatic rings. The van der Waals surface area contributed by atoms with Crippen LogP contribution in [0.1, 0.15) is 32.8 Å². The second-order valence-electron chi connectivity index (χ2n) is 5.06. The van der Waals surface area contributed by atoms with Gasteiger partial charge in [-0.25, -0.2) is 0 Å². The van der Waals surface area contributed by atoms with E-state index in [2.05, 4.69) is 10.6 Å². The first-order valence-corrected chi connectivity index (χ1v) is 6.22. The number of phenolic OH excluding ortho intramolecular Hbond substituents is 1. The number of benzene rings is 1. The highest BCUT2D eigenvalue weighted by molar-refractivity contribution is 5.78. The second kappa shape index (κ2) is 6.40. The molecule has 4 nitrogen and oxygen atoms in total. The molecule has 0 radical (unpaired) electrons.